The molecule has 4 amide bonds. The highest BCUT2D eigenvalue weighted by molar-refractivity contribution is 5.98. The number of aromatic nitrogens is 1. The van der Waals surface area contributed by atoms with Gasteiger partial charge in [-0.1, -0.05) is 51.1 Å². The molecular formula is C29H39N5O6. The summed E-state index contributed by atoms with van der Waals surface area (Å²) in [5.41, 5.74) is 0.550. The van der Waals surface area contributed by atoms with Crippen molar-refractivity contribution in [3.05, 3.63) is 59.9 Å². The van der Waals surface area contributed by atoms with Gasteiger partial charge in [-0.2, -0.15) is 0 Å². The van der Waals surface area contributed by atoms with Crippen molar-refractivity contribution in [3.8, 4) is 5.75 Å². The van der Waals surface area contributed by atoms with Gasteiger partial charge in [0.15, 0.2) is 5.69 Å². The Morgan fingerprint density at radius 2 is 1.68 bits per heavy atom. The third-order valence-electron chi connectivity index (χ3n) is 7.60. The molecule has 0 aliphatic carbocycles. The zero-order valence-electron chi connectivity index (χ0n) is 23.7. The van der Waals surface area contributed by atoms with Crippen LogP contribution in [0.1, 0.15) is 43.7 Å². The second kappa shape index (κ2) is 12.9. The van der Waals surface area contributed by atoms with Gasteiger partial charge < -0.3 is 30.6 Å². The second-order valence-electron chi connectivity index (χ2n) is 10.7. The van der Waals surface area contributed by atoms with Crippen LogP contribution < -0.4 is 10.6 Å². The summed E-state index contributed by atoms with van der Waals surface area (Å²) in [5.74, 6) is -3.91. The Balaban J connectivity index is 2.08. The lowest BCUT2D eigenvalue weighted by Crippen LogP contribution is -2.64. The Morgan fingerprint density at radius 3 is 2.27 bits per heavy atom. The molecule has 11 nitrogen and oxygen atoms in total. The van der Waals surface area contributed by atoms with Crippen molar-refractivity contribution in [1.82, 2.24) is 25.4 Å². The summed E-state index contributed by atoms with van der Waals surface area (Å²) < 4.78 is 0. The molecule has 11 heteroatoms. The number of hydrogen-bond donors (Lipinski definition) is 4. The maximum absolute atomic E-state index is 13.8. The van der Waals surface area contributed by atoms with Crippen molar-refractivity contribution < 1.29 is 29.4 Å². The number of nitrogens with zero attached hydrogens (tertiary/aromatic N) is 3. The predicted molar refractivity (Wildman–Crippen MR) is 148 cm³/mol. The van der Waals surface area contributed by atoms with Crippen LogP contribution in [-0.4, -0.2) is 93.0 Å². The van der Waals surface area contributed by atoms with Gasteiger partial charge in [-0.05, 0) is 37.0 Å². The van der Waals surface area contributed by atoms with Gasteiger partial charge in [-0.25, -0.2) is 4.98 Å². The fourth-order valence-corrected chi connectivity index (χ4v) is 5.07. The summed E-state index contributed by atoms with van der Waals surface area (Å²) in [4.78, 5) is 60.7. The van der Waals surface area contributed by atoms with E-state index >= 15 is 0 Å². The molecule has 1 unspecified atom stereocenters. The van der Waals surface area contributed by atoms with E-state index in [1.807, 2.05) is 44.2 Å². The van der Waals surface area contributed by atoms with Gasteiger partial charge in [0.1, 0.15) is 17.8 Å². The minimum absolute atomic E-state index is 0.216. The minimum atomic E-state index is -1.30. The molecule has 6 atom stereocenters. The van der Waals surface area contributed by atoms with Crippen LogP contribution in [0.4, 0.5) is 0 Å². The Hall–Kier alpha value is -3.99. The number of nitrogens with one attached hydrogen (secondary N) is 2. The fraction of sp³-hybridized carbons (Fsp3) is 0.483. The number of hydrogen-bond acceptors (Lipinski definition) is 7. The van der Waals surface area contributed by atoms with Crippen LogP contribution in [0.5, 0.6) is 5.75 Å². The molecule has 216 valence electrons. The molecule has 2 heterocycles. The molecule has 4 N–H and O–H groups in total. The largest absolute Gasteiger partial charge is 0.505 e. The van der Waals surface area contributed by atoms with Crippen molar-refractivity contribution in [2.24, 2.45) is 11.8 Å². The van der Waals surface area contributed by atoms with Crippen LogP contribution in [0, 0.1) is 11.8 Å². The molecular weight excluding hydrogens is 514 g/mol. The third kappa shape index (κ3) is 6.59. The van der Waals surface area contributed by atoms with Crippen LogP contribution >= 0.6 is 0 Å². The van der Waals surface area contributed by atoms with E-state index < -0.39 is 59.8 Å². The second-order valence-corrected chi connectivity index (χ2v) is 10.7. The van der Waals surface area contributed by atoms with Crippen LogP contribution in [0.15, 0.2) is 48.7 Å². The number of aromatic hydroxyl groups is 1. The number of pyridine rings is 1. The first-order valence-electron chi connectivity index (χ1n) is 13.4. The average molecular weight is 554 g/mol. The molecule has 1 aliphatic rings. The zero-order chi connectivity index (χ0) is 29.7. The van der Waals surface area contributed by atoms with Crippen molar-refractivity contribution in [3.63, 3.8) is 0 Å². The molecule has 1 aromatic carbocycles. The van der Waals surface area contributed by atoms with Gasteiger partial charge in [0.2, 0.25) is 17.7 Å². The number of carbonyl (C=O) groups is 4. The highest BCUT2D eigenvalue weighted by Gasteiger charge is 2.42. The van der Waals surface area contributed by atoms with E-state index in [-0.39, 0.29) is 23.8 Å². The molecule has 3 rings (SSSR count). The quantitative estimate of drug-likeness (QED) is 0.430. The summed E-state index contributed by atoms with van der Waals surface area (Å²) >= 11 is 0. The first-order chi connectivity index (χ1) is 18.8. The number of aliphatic hydroxyl groups is 1. The molecule has 40 heavy (non-hydrogen) atoms. The molecule has 1 fully saturated rings. The van der Waals surface area contributed by atoms with Crippen LogP contribution in [0.3, 0.4) is 0 Å². The molecule has 0 bridgehead atoms. The molecule has 2 aromatic rings. The number of aliphatic hydroxyl groups excluding tert-OH is 1. The lowest BCUT2D eigenvalue weighted by Gasteiger charge is -2.41. The third-order valence-corrected chi connectivity index (χ3v) is 7.60. The van der Waals surface area contributed by atoms with Crippen LogP contribution in [0.25, 0.3) is 0 Å². The Labute approximate surface area is 234 Å². The van der Waals surface area contributed by atoms with Gasteiger partial charge in [-0.3, -0.25) is 19.2 Å². The summed E-state index contributed by atoms with van der Waals surface area (Å²) in [6.45, 7) is 6.80. The van der Waals surface area contributed by atoms with Crippen LogP contribution in [0.2, 0.25) is 0 Å². The molecule has 1 aliphatic heterocycles. The molecule has 1 aromatic heterocycles. The highest BCUT2D eigenvalue weighted by atomic mass is 16.3. The first-order valence-corrected chi connectivity index (χ1v) is 13.4. The minimum Gasteiger partial charge on any atom is -0.505 e. The maximum Gasteiger partial charge on any atom is 0.274 e. The first kappa shape index (κ1) is 30.6. The van der Waals surface area contributed by atoms with Gasteiger partial charge in [-0.15, -0.1) is 0 Å². The average Bonchev–Trinajstić information content (AvgIpc) is 2.93. The lowest BCUT2D eigenvalue weighted by atomic mass is 9.89. The van der Waals surface area contributed by atoms with Crippen molar-refractivity contribution in [2.75, 3.05) is 14.1 Å². The van der Waals surface area contributed by atoms with E-state index in [1.54, 1.807) is 13.8 Å². The Morgan fingerprint density at radius 1 is 1.02 bits per heavy atom. The molecule has 0 radical (unpaired) electrons. The summed E-state index contributed by atoms with van der Waals surface area (Å²) in [5, 5.41) is 27.0. The van der Waals surface area contributed by atoms with E-state index in [2.05, 4.69) is 15.6 Å². The Kier molecular flexibility index (Phi) is 9.86. The number of benzene rings is 1. The Bertz CT molecular complexity index is 1220. The van der Waals surface area contributed by atoms with E-state index in [0.29, 0.717) is 0 Å². The summed E-state index contributed by atoms with van der Waals surface area (Å²) in [7, 11) is 3.04. The topological polar surface area (TPSA) is 152 Å². The highest BCUT2D eigenvalue weighted by Crippen LogP contribution is 2.22. The van der Waals surface area contributed by atoms with E-state index in [4.69, 9.17) is 0 Å². The zero-order valence-corrected chi connectivity index (χ0v) is 23.7. The summed E-state index contributed by atoms with van der Waals surface area (Å²) in [6, 6.07) is 8.05. The monoisotopic (exact) mass is 553 g/mol. The summed E-state index contributed by atoms with van der Waals surface area (Å²) in [6.07, 6.45) is 0.251. The number of rotatable bonds is 5. The van der Waals surface area contributed by atoms with Crippen LogP contribution in [-0.2, 0) is 20.8 Å². The smallest absolute Gasteiger partial charge is 0.274 e. The van der Waals surface area contributed by atoms with Gasteiger partial charge in [0.05, 0.1) is 24.1 Å². The van der Waals surface area contributed by atoms with E-state index in [1.165, 1.54) is 42.2 Å². The molecule has 0 spiro atoms. The van der Waals surface area contributed by atoms with Crippen molar-refractivity contribution in [2.45, 2.75) is 64.4 Å². The SMILES string of the molecule is CC(C)C1C(=O)N(C)[C@H](C)[C@H](NC(=O)c2ncccc2O)C(=O)N[C@@H](Cc2ccccc2)[C@@H](O)[C@@H](C)C(=O)N1C. The van der Waals surface area contributed by atoms with E-state index in [0.717, 1.165) is 5.56 Å². The normalized spacial score (nSPS) is 26.6. The predicted octanol–water partition coefficient (Wildman–Crippen LogP) is 0.954. The lowest BCUT2D eigenvalue weighted by molar-refractivity contribution is -0.152. The maximum atomic E-state index is 13.8. The van der Waals surface area contributed by atoms with Gasteiger partial charge >= 0.3 is 0 Å². The molecule has 1 saturated heterocycles. The standard InChI is InChI=1S/C29H39N5O6/c1-16(2)24-29(40)33(5)18(4)22(32-27(38)23-21(35)13-10-14-30-23)26(37)31-20(15-19-11-8-7-9-12-19)25(36)17(3)28(39)34(24)6/h7-14,16-18,20,22,24-25,35-36H,15H2,1-6H3,(H,31,37)(H,32,38)/t17-,18-,20+,22+,24?,25+/m1/s1. The number of carbonyl (C=O) groups excluding carboxylic acids is 4. The van der Waals surface area contributed by atoms with Crippen molar-refractivity contribution >= 4 is 23.6 Å². The van der Waals surface area contributed by atoms with Crippen molar-refractivity contribution in [1.29, 1.82) is 0 Å². The van der Waals surface area contributed by atoms with Gasteiger partial charge in [0, 0.05) is 20.3 Å². The van der Waals surface area contributed by atoms with Gasteiger partial charge in [0.25, 0.3) is 5.91 Å². The fourth-order valence-electron chi connectivity index (χ4n) is 5.07. The number of likely N-dealkylation sites (N-methyl/N-ethyl adjacent to an activating group) is 2. The molecule has 0 saturated carbocycles. The number of amides is 4. The van der Waals surface area contributed by atoms with E-state index in [9.17, 15) is 29.4 Å².